The highest BCUT2D eigenvalue weighted by molar-refractivity contribution is 14.1. The first-order valence-corrected chi connectivity index (χ1v) is 5.57. The first kappa shape index (κ1) is 11.4. The fourth-order valence-corrected chi connectivity index (χ4v) is 1.44. The van der Waals surface area contributed by atoms with Crippen molar-refractivity contribution < 1.29 is 5.11 Å². The van der Waals surface area contributed by atoms with Gasteiger partial charge in [0.2, 0.25) is 0 Å². The van der Waals surface area contributed by atoms with Crippen molar-refractivity contribution >= 4 is 38.5 Å². The minimum Gasteiger partial charge on any atom is -0.394 e. The normalized spacial score (nSPS) is 15.5. The maximum atomic E-state index is 9.03. The zero-order valence-corrected chi connectivity index (χ0v) is 10.8. The average Bonchev–Trinajstić information content (AvgIpc) is 2.09. The molecule has 3 N–H and O–H groups in total. The third-order valence-corrected chi connectivity index (χ3v) is 3.93. The summed E-state index contributed by atoms with van der Waals surface area (Å²) < 4.78 is 1.78. The maximum Gasteiger partial charge on any atom is 0.119 e. The van der Waals surface area contributed by atoms with Crippen molar-refractivity contribution in [3.05, 3.63) is 26.0 Å². The number of aliphatic hydroxyl groups excluding tert-OH is 1. The highest BCUT2D eigenvalue weighted by atomic mass is 127. The topological polar surface area (TPSA) is 59.1 Å². The molecule has 0 aliphatic rings. The number of hydrogen-bond acceptors (Lipinski definition) is 3. The van der Waals surface area contributed by atoms with Gasteiger partial charge in [-0.1, -0.05) is 0 Å². The Morgan fingerprint density at radius 1 is 1.69 bits per heavy atom. The predicted molar refractivity (Wildman–Crippen MR) is 63.3 cm³/mol. The van der Waals surface area contributed by atoms with Crippen molar-refractivity contribution in [3.63, 3.8) is 0 Å². The van der Waals surface area contributed by atoms with E-state index < -0.39 is 5.54 Å². The number of halogens is 2. The fourth-order valence-electron chi connectivity index (χ4n) is 0.816. The third-order valence-electron chi connectivity index (χ3n) is 1.72. The Hall–Kier alpha value is 0.280. The lowest BCUT2D eigenvalue weighted by Crippen LogP contribution is -2.37. The van der Waals surface area contributed by atoms with Gasteiger partial charge in [-0.15, -0.1) is 0 Å². The number of aliphatic hydroxyl groups is 1. The van der Waals surface area contributed by atoms with Crippen LogP contribution in [-0.4, -0.2) is 16.7 Å². The molecule has 1 atom stereocenters. The molecule has 0 aliphatic carbocycles. The number of pyridine rings is 1. The van der Waals surface area contributed by atoms with Gasteiger partial charge in [0.25, 0.3) is 0 Å². The summed E-state index contributed by atoms with van der Waals surface area (Å²) in [5.74, 6) is 0. The molecule has 0 radical (unpaired) electrons. The molecule has 1 rings (SSSR count). The smallest absolute Gasteiger partial charge is 0.119 e. The zero-order chi connectivity index (χ0) is 10.1. The van der Waals surface area contributed by atoms with E-state index in [-0.39, 0.29) is 6.61 Å². The number of nitrogens with zero attached hydrogens (tertiary/aromatic N) is 1. The first-order valence-electron chi connectivity index (χ1n) is 3.69. The summed E-state index contributed by atoms with van der Waals surface area (Å²) in [6.45, 7) is 1.63. The van der Waals surface area contributed by atoms with Crippen LogP contribution in [0, 0.1) is 3.57 Å². The highest BCUT2D eigenvalue weighted by Gasteiger charge is 2.22. The molecule has 0 bridgehead atoms. The molecule has 0 saturated heterocycles. The second kappa shape index (κ2) is 4.20. The van der Waals surface area contributed by atoms with E-state index >= 15 is 0 Å². The van der Waals surface area contributed by atoms with Crippen molar-refractivity contribution in [3.8, 4) is 0 Å². The number of hydrogen-bond donors (Lipinski definition) is 2. The summed E-state index contributed by atoms with van der Waals surface area (Å²) in [5, 5.41) is 9.03. The SMILES string of the molecule is CC(N)(CO)c1ccc(I)c(Br)n1. The molecular weight excluding hydrogens is 347 g/mol. The van der Waals surface area contributed by atoms with Crippen molar-refractivity contribution in [2.75, 3.05) is 6.61 Å². The molecule has 1 aromatic rings. The van der Waals surface area contributed by atoms with Gasteiger partial charge in [-0.25, -0.2) is 4.98 Å². The first-order chi connectivity index (χ1) is 5.97. The monoisotopic (exact) mass is 356 g/mol. The lowest BCUT2D eigenvalue weighted by Gasteiger charge is -2.21. The molecule has 0 saturated carbocycles. The van der Waals surface area contributed by atoms with Crippen LogP contribution in [-0.2, 0) is 5.54 Å². The summed E-state index contributed by atoms with van der Waals surface area (Å²) in [7, 11) is 0. The van der Waals surface area contributed by atoms with E-state index in [4.69, 9.17) is 10.8 Å². The van der Waals surface area contributed by atoms with Gasteiger partial charge in [0, 0.05) is 3.57 Å². The van der Waals surface area contributed by atoms with E-state index in [0.717, 1.165) is 8.17 Å². The van der Waals surface area contributed by atoms with E-state index in [1.807, 2.05) is 12.1 Å². The van der Waals surface area contributed by atoms with Gasteiger partial charge < -0.3 is 10.8 Å². The van der Waals surface area contributed by atoms with E-state index in [2.05, 4.69) is 43.5 Å². The predicted octanol–water partition coefficient (Wildman–Crippen LogP) is 1.61. The van der Waals surface area contributed by atoms with E-state index in [1.165, 1.54) is 0 Å². The van der Waals surface area contributed by atoms with Crippen molar-refractivity contribution in [1.82, 2.24) is 4.98 Å². The van der Waals surface area contributed by atoms with E-state index in [0.29, 0.717) is 5.69 Å². The van der Waals surface area contributed by atoms with Gasteiger partial charge in [-0.05, 0) is 57.6 Å². The minimum atomic E-state index is -0.771. The largest absolute Gasteiger partial charge is 0.394 e. The molecule has 3 nitrogen and oxygen atoms in total. The Morgan fingerprint density at radius 3 is 2.77 bits per heavy atom. The molecule has 1 unspecified atom stereocenters. The summed E-state index contributed by atoms with van der Waals surface area (Å²) in [5.41, 5.74) is 5.73. The summed E-state index contributed by atoms with van der Waals surface area (Å²) in [4.78, 5) is 4.24. The van der Waals surface area contributed by atoms with Crippen LogP contribution in [0.25, 0.3) is 0 Å². The van der Waals surface area contributed by atoms with Crippen LogP contribution in [0.1, 0.15) is 12.6 Å². The van der Waals surface area contributed by atoms with Crippen molar-refractivity contribution in [1.29, 1.82) is 0 Å². The molecule has 0 aliphatic heterocycles. The van der Waals surface area contributed by atoms with Crippen LogP contribution in [0.15, 0.2) is 16.7 Å². The standard InChI is InChI=1S/C8H10BrIN2O/c1-8(11,4-13)6-3-2-5(10)7(9)12-6/h2-3,13H,4,11H2,1H3. The van der Waals surface area contributed by atoms with Gasteiger partial charge in [-0.2, -0.15) is 0 Å². The molecule has 5 heteroatoms. The summed E-state index contributed by atoms with van der Waals surface area (Å²) >= 11 is 5.48. The maximum absolute atomic E-state index is 9.03. The third kappa shape index (κ3) is 2.61. The molecule has 0 amide bonds. The number of rotatable bonds is 2. The molecule has 72 valence electrons. The molecule has 0 spiro atoms. The van der Waals surface area contributed by atoms with Crippen LogP contribution in [0.5, 0.6) is 0 Å². The van der Waals surface area contributed by atoms with Crippen LogP contribution < -0.4 is 5.73 Å². The van der Waals surface area contributed by atoms with Gasteiger partial charge in [0.1, 0.15) is 4.60 Å². The number of aromatic nitrogens is 1. The summed E-state index contributed by atoms with van der Waals surface area (Å²) in [6, 6.07) is 3.73. The Balaban J connectivity index is 3.10. The average molecular weight is 357 g/mol. The zero-order valence-electron chi connectivity index (χ0n) is 7.09. The van der Waals surface area contributed by atoms with Crippen LogP contribution in [0.3, 0.4) is 0 Å². The molecule has 13 heavy (non-hydrogen) atoms. The molecule has 1 aromatic heterocycles. The van der Waals surface area contributed by atoms with Crippen molar-refractivity contribution in [2.45, 2.75) is 12.5 Å². The Labute approximate surface area is 99.0 Å². The van der Waals surface area contributed by atoms with Crippen molar-refractivity contribution in [2.24, 2.45) is 5.73 Å². The lowest BCUT2D eigenvalue weighted by molar-refractivity contribution is 0.206. The highest BCUT2D eigenvalue weighted by Crippen LogP contribution is 2.21. The van der Waals surface area contributed by atoms with Crippen LogP contribution in [0.2, 0.25) is 0 Å². The van der Waals surface area contributed by atoms with Gasteiger partial charge in [0.05, 0.1) is 17.8 Å². The van der Waals surface area contributed by atoms with Crippen LogP contribution >= 0.6 is 38.5 Å². The lowest BCUT2D eigenvalue weighted by atomic mass is 10.0. The van der Waals surface area contributed by atoms with Gasteiger partial charge in [0.15, 0.2) is 0 Å². The molecule has 0 fully saturated rings. The molecule has 1 heterocycles. The number of nitrogens with two attached hydrogens (primary N) is 1. The Bertz CT molecular complexity index is 317. The Morgan fingerprint density at radius 2 is 2.31 bits per heavy atom. The molecular formula is C8H10BrIN2O. The van der Waals surface area contributed by atoms with E-state index in [1.54, 1.807) is 6.92 Å². The quantitative estimate of drug-likeness (QED) is 0.625. The molecule has 0 aromatic carbocycles. The van der Waals surface area contributed by atoms with Gasteiger partial charge >= 0.3 is 0 Å². The second-order valence-electron chi connectivity index (χ2n) is 3.04. The summed E-state index contributed by atoms with van der Waals surface area (Å²) in [6.07, 6.45) is 0. The Kier molecular flexibility index (Phi) is 3.67. The van der Waals surface area contributed by atoms with E-state index in [9.17, 15) is 0 Å². The second-order valence-corrected chi connectivity index (χ2v) is 4.96. The van der Waals surface area contributed by atoms with Gasteiger partial charge in [-0.3, -0.25) is 0 Å². The van der Waals surface area contributed by atoms with Crippen LogP contribution in [0.4, 0.5) is 0 Å². The fraction of sp³-hybridized carbons (Fsp3) is 0.375. The minimum absolute atomic E-state index is 0.118.